The minimum Gasteiger partial charge on any atom is -0.349 e. The molecule has 1 N–H and O–H groups in total. The van der Waals surface area contributed by atoms with Crippen molar-refractivity contribution >= 4 is 24.4 Å². The Bertz CT molecular complexity index is 511. The Morgan fingerprint density at radius 1 is 1.29 bits per heavy atom. The van der Waals surface area contributed by atoms with Crippen molar-refractivity contribution in [3.8, 4) is 0 Å². The van der Waals surface area contributed by atoms with E-state index < -0.39 is 0 Å². The maximum atomic E-state index is 12.2. The molecule has 1 saturated heterocycles. The van der Waals surface area contributed by atoms with Gasteiger partial charge in [0.05, 0.1) is 5.56 Å². The molecule has 0 radical (unpaired) electrons. The first-order valence-electron chi connectivity index (χ1n) is 7.48. The van der Waals surface area contributed by atoms with Crippen LogP contribution < -0.4 is 5.32 Å². The molecule has 0 saturated carbocycles. The molecule has 0 bridgehead atoms. The lowest BCUT2D eigenvalue weighted by atomic mass is 10.0. The third-order valence-electron chi connectivity index (χ3n) is 3.80. The molecule has 0 unspecified atom stereocenters. The Morgan fingerprint density at radius 2 is 1.95 bits per heavy atom. The highest BCUT2D eigenvalue weighted by Gasteiger charge is 2.23. The highest BCUT2D eigenvalue weighted by molar-refractivity contribution is 7.80. The minimum absolute atomic E-state index is 0.0843. The summed E-state index contributed by atoms with van der Waals surface area (Å²) in [5, 5.41) is 3.04. The van der Waals surface area contributed by atoms with Crippen molar-refractivity contribution in [2.75, 3.05) is 13.1 Å². The second-order valence-corrected chi connectivity index (χ2v) is 5.88. The summed E-state index contributed by atoms with van der Waals surface area (Å²) in [4.78, 5) is 26.6. The summed E-state index contributed by atoms with van der Waals surface area (Å²) >= 11 is 4.31. The van der Waals surface area contributed by atoms with E-state index >= 15 is 0 Å². The Balaban J connectivity index is 1.85. The van der Waals surface area contributed by atoms with E-state index in [1.807, 2.05) is 30.0 Å². The summed E-state index contributed by atoms with van der Waals surface area (Å²) in [6.07, 6.45) is 3.13. The van der Waals surface area contributed by atoms with Gasteiger partial charge in [-0.1, -0.05) is 19.1 Å². The van der Waals surface area contributed by atoms with Crippen LogP contribution in [-0.2, 0) is 4.79 Å². The largest absolute Gasteiger partial charge is 0.349 e. The fraction of sp³-hybridized carbons (Fsp3) is 0.500. The molecule has 4 nitrogen and oxygen atoms in total. The number of nitrogens with zero attached hydrogens (tertiary/aromatic N) is 1. The van der Waals surface area contributed by atoms with Gasteiger partial charge in [0, 0.05) is 30.4 Å². The van der Waals surface area contributed by atoms with E-state index in [2.05, 4.69) is 17.9 Å². The van der Waals surface area contributed by atoms with Gasteiger partial charge in [-0.05, 0) is 31.4 Å². The molecule has 2 rings (SSSR count). The van der Waals surface area contributed by atoms with Crippen molar-refractivity contribution in [2.24, 2.45) is 0 Å². The van der Waals surface area contributed by atoms with Crippen LogP contribution in [0.25, 0.3) is 0 Å². The van der Waals surface area contributed by atoms with Crippen LogP contribution in [0.15, 0.2) is 29.2 Å². The third kappa shape index (κ3) is 4.24. The number of rotatable bonds is 4. The molecule has 1 heterocycles. The van der Waals surface area contributed by atoms with Crippen molar-refractivity contribution in [1.29, 1.82) is 0 Å². The van der Waals surface area contributed by atoms with Gasteiger partial charge in [-0.25, -0.2) is 0 Å². The van der Waals surface area contributed by atoms with Gasteiger partial charge in [0.2, 0.25) is 5.91 Å². The Hall–Kier alpha value is -1.49. The van der Waals surface area contributed by atoms with Gasteiger partial charge in [0.15, 0.2) is 0 Å². The molecule has 1 fully saturated rings. The van der Waals surface area contributed by atoms with Crippen molar-refractivity contribution in [3.05, 3.63) is 29.8 Å². The molecule has 114 valence electrons. The lowest BCUT2D eigenvalue weighted by Gasteiger charge is -2.32. The Morgan fingerprint density at radius 3 is 2.57 bits per heavy atom. The second kappa shape index (κ2) is 7.50. The van der Waals surface area contributed by atoms with Crippen LogP contribution in [0.2, 0.25) is 0 Å². The normalized spacial score (nSPS) is 15.8. The van der Waals surface area contributed by atoms with Crippen molar-refractivity contribution in [1.82, 2.24) is 10.2 Å². The van der Waals surface area contributed by atoms with Gasteiger partial charge in [-0.15, -0.1) is 12.6 Å². The number of piperidine rings is 1. The van der Waals surface area contributed by atoms with Crippen LogP contribution in [0.3, 0.4) is 0 Å². The molecule has 2 amide bonds. The van der Waals surface area contributed by atoms with Crippen LogP contribution in [0, 0.1) is 0 Å². The van der Waals surface area contributed by atoms with Crippen LogP contribution in [0.1, 0.15) is 43.0 Å². The highest BCUT2D eigenvalue weighted by Crippen LogP contribution is 2.16. The smallest absolute Gasteiger partial charge is 0.252 e. The van der Waals surface area contributed by atoms with Gasteiger partial charge < -0.3 is 10.2 Å². The predicted octanol–water partition coefficient (Wildman–Crippen LogP) is 2.50. The fourth-order valence-corrected chi connectivity index (χ4v) is 2.84. The predicted molar refractivity (Wildman–Crippen MR) is 85.7 cm³/mol. The van der Waals surface area contributed by atoms with E-state index in [-0.39, 0.29) is 17.9 Å². The number of benzene rings is 1. The molecule has 1 aliphatic heterocycles. The van der Waals surface area contributed by atoms with Gasteiger partial charge in [-0.3, -0.25) is 9.59 Å². The molecular weight excluding hydrogens is 284 g/mol. The minimum atomic E-state index is -0.0843. The molecule has 0 spiro atoms. The van der Waals surface area contributed by atoms with E-state index in [0.717, 1.165) is 32.4 Å². The van der Waals surface area contributed by atoms with Gasteiger partial charge in [0.1, 0.15) is 0 Å². The average molecular weight is 306 g/mol. The summed E-state index contributed by atoms with van der Waals surface area (Å²) in [5.41, 5.74) is 0.602. The Labute approximate surface area is 131 Å². The molecular formula is C16H22N2O2S. The first-order valence-corrected chi connectivity index (χ1v) is 7.93. The first kappa shape index (κ1) is 15.9. The number of thiol groups is 1. The number of hydrogen-bond acceptors (Lipinski definition) is 3. The molecule has 0 aliphatic carbocycles. The van der Waals surface area contributed by atoms with E-state index in [0.29, 0.717) is 16.9 Å². The van der Waals surface area contributed by atoms with Crippen LogP contribution in [0.5, 0.6) is 0 Å². The molecule has 5 heteroatoms. The number of nitrogens with one attached hydrogen (secondary N) is 1. The van der Waals surface area contributed by atoms with Crippen LogP contribution in [-0.4, -0.2) is 35.8 Å². The van der Waals surface area contributed by atoms with E-state index in [4.69, 9.17) is 0 Å². The summed E-state index contributed by atoms with van der Waals surface area (Å²) in [6.45, 7) is 3.47. The molecule has 21 heavy (non-hydrogen) atoms. The second-order valence-electron chi connectivity index (χ2n) is 5.40. The SMILES string of the molecule is CCCC(=O)N1CCC(NC(=O)c2ccccc2S)CC1. The number of amides is 2. The van der Waals surface area contributed by atoms with E-state index in [1.165, 1.54) is 0 Å². The van der Waals surface area contributed by atoms with Crippen molar-refractivity contribution in [2.45, 2.75) is 43.5 Å². The monoisotopic (exact) mass is 306 g/mol. The quantitative estimate of drug-likeness (QED) is 0.840. The zero-order valence-electron chi connectivity index (χ0n) is 12.3. The molecule has 1 aromatic carbocycles. The third-order valence-corrected chi connectivity index (χ3v) is 4.19. The molecule has 0 atom stereocenters. The number of carbonyl (C=O) groups excluding carboxylic acids is 2. The lowest BCUT2D eigenvalue weighted by molar-refractivity contribution is -0.132. The van der Waals surface area contributed by atoms with Gasteiger partial charge in [-0.2, -0.15) is 0 Å². The highest BCUT2D eigenvalue weighted by atomic mass is 32.1. The summed E-state index contributed by atoms with van der Waals surface area (Å²) in [5.74, 6) is 0.141. The molecule has 0 aromatic heterocycles. The van der Waals surface area contributed by atoms with Gasteiger partial charge >= 0.3 is 0 Å². The molecule has 1 aromatic rings. The van der Waals surface area contributed by atoms with Gasteiger partial charge in [0.25, 0.3) is 5.91 Å². The summed E-state index contributed by atoms with van der Waals surface area (Å²) in [6, 6.07) is 7.41. The first-order chi connectivity index (χ1) is 10.1. The van der Waals surface area contributed by atoms with Crippen LogP contribution >= 0.6 is 12.6 Å². The number of likely N-dealkylation sites (tertiary alicyclic amines) is 1. The number of carbonyl (C=O) groups is 2. The van der Waals surface area contributed by atoms with Crippen molar-refractivity contribution < 1.29 is 9.59 Å². The van der Waals surface area contributed by atoms with E-state index in [9.17, 15) is 9.59 Å². The summed E-state index contributed by atoms with van der Waals surface area (Å²) in [7, 11) is 0. The average Bonchev–Trinajstić information content (AvgIpc) is 2.48. The fourth-order valence-electron chi connectivity index (χ4n) is 2.57. The van der Waals surface area contributed by atoms with E-state index in [1.54, 1.807) is 6.07 Å². The van der Waals surface area contributed by atoms with Crippen LogP contribution in [0.4, 0.5) is 0 Å². The van der Waals surface area contributed by atoms with Crippen molar-refractivity contribution in [3.63, 3.8) is 0 Å². The lowest BCUT2D eigenvalue weighted by Crippen LogP contribution is -2.46. The maximum absolute atomic E-state index is 12.2. The standard InChI is InChI=1S/C16H22N2O2S/c1-2-5-15(19)18-10-8-12(9-11-18)17-16(20)13-6-3-4-7-14(13)21/h3-4,6-7,12,21H,2,5,8-11H2,1H3,(H,17,20). The topological polar surface area (TPSA) is 49.4 Å². The number of hydrogen-bond donors (Lipinski definition) is 2. The zero-order valence-corrected chi connectivity index (χ0v) is 13.2. The zero-order chi connectivity index (χ0) is 15.2. The molecule has 1 aliphatic rings. The maximum Gasteiger partial charge on any atom is 0.252 e. The summed E-state index contributed by atoms with van der Waals surface area (Å²) < 4.78 is 0. The Kier molecular flexibility index (Phi) is 5.67.